The Labute approximate surface area is 108 Å². The van der Waals surface area contributed by atoms with Gasteiger partial charge in [0.2, 0.25) is 0 Å². The van der Waals surface area contributed by atoms with E-state index in [9.17, 15) is 8.78 Å². The van der Waals surface area contributed by atoms with E-state index in [0.29, 0.717) is 16.9 Å². The summed E-state index contributed by atoms with van der Waals surface area (Å²) in [5, 5.41) is 0. The van der Waals surface area contributed by atoms with Crippen molar-refractivity contribution in [2.24, 2.45) is 0 Å². The standard InChI is InChI=1S/C14H9F2N3/c15-11-1-2-12(13(16)7-11)10-4-6-19(8-10)14-3-5-17-9-18-14/h1-9H. The van der Waals surface area contributed by atoms with Gasteiger partial charge >= 0.3 is 0 Å². The molecule has 3 rings (SSSR count). The van der Waals surface area contributed by atoms with E-state index in [-0.39, 0.29) is 0 Å². The lowest BCUT2D eigenvalue weighted by Crippen LogP contribution is -1.93. The van der Waals surface area contributed by atoms with Gasteiger partial charge in [-0.25, -0.2) is 18.7 Å². The van der Waals surface area contributed by atoms with Crippen LogP contribution in [0.5, 0.6) is 0 Å². The first kappa shape index (κ1) is 11.5. The van der Waals surface area contributed by atoms with Gasteiger partial charge in [-0.05, 0) is 24.3 Å². The quantitative estimate of drug-likeness (QED) is 0.705. The summed E-state index contributed by atoms with van der Waals surface area (Å²) in [6, 6.07) is 7.02. The van der Waals surface area contributed by atoms with E-state index >= 15 is 0 Å². The summed E-state index contributed by atoms with van der Waals surface area (Å²) >= 11 is 0. The van der Waals surface area contributed by atoms with Crippen molar-refractivity contribution >= 4 is 0 Å². The lowest BCUT2D eigenvalue weighted by atomic mass is 10.1. The predicted octanol–water partition coefficient (Wildman–Crippen LogP) is 3.21. The Balaban J connectivity index is 2.02. The molecule has 94 valence electrons. The predicted molar refractivity (Wildman–Crippen MR) is 66.7 cm³/mol. The van der Waals surface area contributed by atoms with E-state index in [1.54, 1.807) is 35.3 Å². The monoisotopic (exact) mass is 257 g/mol. The molecule has 19 heavy (non-hydrogen) atoms. The summed E-state index contributed by atoms with van der Waals surface area (Å²) in [5.41, 5.74) is 1.02. The minimum atomic E-state index is -0.587. The first-order chi connectivity index (χ1) is 9.24. The maximum atomic E-state index is 13.7. The summed E-state index contributed by atoms with van der Waals surface area (Å²) in [4.78, 5) is 7.92. The number of hydrogen-bond acceptors (Lipinski definition) is 2. The largest absolute Gasteiger partial charge is 0.308 e. The molecule has 3 nitrogen and oxygen atoms in total. The maximum absolute atomic E-state index is 13.7. The molecule has 0 bridgehead atoms. The second kappa shape index (κ2) is 4.61. The number of nitrogens with zero attached hydrogens (tertiary/aromatic N) is 3. The lowest BCUT2D eigenvalue weighted by molar-refractivity contribution is 0.585. The number of halogens is 2. The highest BCUT2D eigenvalue weighted by atomic mass is 19.1. The fourth-order valence-corrected chi connectivity index (χ4v) is 1.86. The van der Waals surface area contributed by atoms with Gasteiger partial charge in [0.15, 0.2) is 0 Å². The lowest BCUT2D eigenvalue weighted by Gasteiger charge is -2.01. The second-order valence-corrected chi connectivity index (χ2v) is 4.00. The normalized spacial score (nSPS) is 10.6. The van der Waals surface area contributed by atoms with Crippen LogP contribution in [0.15, 0.2) is 55.2 Å². The SMILES string of the molecule is Fc1ccc(-c2ccn(-c3ccncn3)c2)c(F)c1. The highest BCUT2D eigenvalue weighted by molar-refractivity contribution is 5.64. The summed E-state index contributed by atoms with van der Waals surface area (Å²) < 4.78 is 28.3. The third-order valence-corrected chi connectivity index (χ3v) is 2.77. The zero-order valence-electron chi connectivity index (χ0n) is 9.79. The smallest absolute Gasteiger partial charge is 0.139 e. The molecule has 0 fully saturated rings. The van der Waals surface area contributed by atoms with Crippen LogP contribution in [0.3, 0.4) is 0 Å². The van der Waals surface area contributed by atoms with Crippen molar-refractivity contribution < 1.29 is 8.78 Å². The van der Waals surface area contributed by atoms with Crippen molar-refractivity contribution in [3.63, 3.8) is 0 Å². The van der Waals surface area contributed by atoms with E-state index in [2.05, 4.69) is 9.97 Å². The molecular formula is C14H9F2N3. The molecule has 2 heterocycles. The first-order valence-electron chi connectivity index (χ1n) is 5.64. The molecule has 0 amide bonds. The van der Waals surface area contributed by atoms with Crippen molar-refractivity contribution in [1.82, 2.24) is 14.5 Å². The van der Waals surface area contributed by atoms with Crippen LogP contribution < -0.4 is 0 Å². The topological polar surface area (TPSA) is 30.7 Å². The van der Waals surface area contributed by atoms with Crippen LogP contribution >= 0.6 is 0 Å². The molecule has 0 aliphatic heterocycles. The van der Waals surface area contributed by atoms with Crippen LogP contribution in [0.4, 0.5) is 8.78 Å². The van der Waals surface area contributed by atoms with Crippen molar-refractivity contribution in [3.05, 3.63) is 66.9 Å². The molecule has 0 atom stereocenters. The molecule has 5 heteroatoms. The van der Waals surface area contributed by atoms with Crippen molar-refractivity contribution in [2.45, 2.75) is 0 Å². The van der Waals surface area contributed by atoms with E-state index in [1.165, 1.54) is 18.5 Å². The number of hydrogen-bond donors (Lipinski definition) is 0. The van der Waals surface area contributed by atoms with Crippen LogP contribution in [-0.4, -0.2) is 14.5 Å². The van der Waals surface area contributed by atoms with E-state index < -0.39 is 11.6 Å². The molecule has 0 aliphatic carbocycles. The van der Waals surface area contributed by atoms with E-state index in [0.717, 1.165) is 6.07 Å². The third kappa shape index (κ3) is 2.22. The van der Waals surface area contributed by atoms with Crippen LogP contribution in [0, 0.1) is 11.6 Å². The first-order valence-corrected chi connectivity index (χ1v) is 5.64. The minimum absolute atomic E-state index is 0.356. The maximum Gasteiger partial charge on any atom is 0.139 e. The number of benzene rings is 1. The Hall–Kier alpha value is -2.56. The van der Waals surface area contributed by atoms with Crippen LogP contribution in [0.1, 0.15) is 0 Å². The minimum Gasteiger partial charge on any atom is -0.308 e. The Kier molecular flexibility index (Phi) is 2.79. The molecule has 0 saturated heterocycles. The molecule has 0 radical (unpaired) electrons. The van der Waals surface area contributed by atoms with Crippen molar-refractivity contribution in [2.75, 3.05) is 0 Å². The summed E-state index contributed by atoms with van der Waals surface area (Å²) in [6.45, 7) is 0. The zero-order chi connectivity index (χ0) is 13.2. The Morgan fingerprint density at radius 1 is 1.05 bits per heavy atom. The van der Waals surface area contributed by atoms with Crippen molar-refractivity contribution in [1.29, 1.82) is 0 Å². The molecule has 0 N–H and O–H groups in total. The van der Waals surface area contributed by atoms with Crippen LogP contribution in [0.25, 0.3) is 16.9 Å². The molecule has 2 aromatic heterocycles. The van der Waals surface area contributed by atoms with Gasteiger partial charge in [-0.3, -0.25) is 0 Å². The van der Waals surface area contributed by atoms with Gasteiger partial charge in [0.05, 0.1) is 0 Å². The zero-order valence-corrected chi connectivity index (χ0v) is 9.79. The van der Waals surface area contributed by atoms with Gasteiger partial charge in [-0.15, -0.1) is 0 Å². The molecule has 0 aliphatic rings. The summed E-state index contributed by atoms with van der Waals surface area (Å²) in [5.74, 6) is -0.485. The van der Waals surface area contributed by atoms with Crippen molar-refractivity contribution in [3.8, 4) is 16.9 Å². The Morgan fingerprint density at radius 3 is 2.68 bits per heavy atom. The van der Waals surface area contributed by atoms with E-state index in [1.807, 2.05) is 0 Å². The average molecular weight is 257 g/mol. The highest BCUT2D eigenvalue weighted by Gasteiger charge is 2.08. The molecule has 0 saturated carbocycles. The van der Waals surface area contributed by atoms with Gasteiger partial charge in [0.25, 0.3) is 0 Å². The fraction of sp³-hybridized carbons (Fsp3) is 0. The van der Waals surface area contributed by atoms with Gasteiger partial charge in [-0.1, -0.05) is 0 Å². The molecular weight excluding hydrogens is 248 g/mol. The van der Waals surface area contributed by atoms with E-state index in [4.69, 9.17) is 0 Å². The van der Waals surface area contributed by atoms with Gasteiger partial charge in [0.1, 0.15) is 23.8 Å². The Bertz CT molecular complexity index is 708. The number of aromatic nitrogens is 3. The number of rotatable bonds is 2. The second-order valence-electron chi connectivity index (χ2n) is 4.00. The molecule has 3 aromatic rings. The highest BCUT2D eigenvalue weighted by Crippen LogP contribution is 2.24. The van der Waals surface area contributed by atoms with Crippen LogP contribution in [0.2, 0.25) is 0 Å². The van der Waals surface area contributed by atoms with Gasteiger partial charge in [0, 0.05) is 35.8 Å². The Morgan fingerprint density at radius 2 is 1.95 bits per heavy atom. The summed E-state index contributed by atoms with van der Waals surface area (Å²) in [6.07, 6.45) is 6.56. The third-order valence-electron chi connectivity index (χ3n) is 2.77. The van der Waals surface area contributed by atoms with Gasteiger partial charge < -0.3 is 4.57 Å². The van der Waals surface area contributed by atoms with Gasteiger partial charge in [-0.2, -0.15) is 0 Å². The molecule has 0 unspecified atom stereocenters. The van der Waals surface area contributed by atoms with Crippen LogP contribution in [-0.2, 0) is 0 Å². The summed E-state index contributed by atoms with van der Waals surface area (Å²) in [7, 11) is 0. The molecule has 1 aromatic carbocycles. The molecule has 0 spiro atoms. The fourth-order valence-electron chi connectivity index (χ4n) is 1.86. The average Bonchev–Trinajstić information content (AvgIpc) is 2.89.